The Bertz CT molecular complexity index is 298. The molecule has 3 rings (SSSR count). The molecule has 1 N–H and O–H groups in total. The summed E-state index contributed by atoms with van der Waals surface area (Å²) in [5.41, 5.74) is 0. The Labute approximate surface area is 119 Å². The van der Waals surface area contributed by atoms with Crippen LogP contribution in [0.3, 0.4) is 0 Å². The maximum Gasteiger partial charge on any atom is 0.00926 e. The zero-order chi connectivity index (χ0) is 13.4. The normalized spacial score (nSPS) is 46.1. The molecule has 0 aromatic rings. The van der Waals surface area contributed by atoms with E-state index in [-0.39, 0.29) is 0 Å². The molecule has 19 heavy (non-hydrogen) atoms. The number of rotatable bonds is 4. The van der Waals surface area contributed by atoms with Crippen LogP contribution in [0, 0.1) is 35.5 Å². The first kappa shape index (κ1) is 13.9. The lowest BCUT2D eigenvalue weighted by atomic mass is 9.69. The average Bonchev–Trinajstić information content (AvgIpc) is 3.01. The topological polar surface area (TPSA) is 12.0 Å². The molecule has 0 saturated heterocycles. The van der Waals surface area contributed by atoms with Crippen molar-refractivity contribution in [2.75, 3.05) is 7.05 Å². The highest BCUT2D eigenvalue weighted by Crippen LogP contribution is 2.51. The molecule has 3 aliphatic rings. The van der Waals surface area contributed by atoms with Crippen molar-refractivity contribution in [3.8, 4) is 0 Å². The summed E-state index contributed by atoms with van der Waals surface area (Å²) in [6.45, 7) is 4.86. The van der Waals surface area contributed by atoms with Crippen LogP contribution in [0.25, 0.3) is 0 Å². The van der Waals surface area contributed by atoms with Crippen LogP contribution in [0.15, 0.2) is 0 Å². The van der Waals surface area contributed by atoms with Crippen molar-refractivity contribution in [2.45, 2.75) is 71.3 Å². The first-order valence-electron chi connectivity index (χ1n) is 8.84. The molecule has 110 valence electrons. The molecule has 3 aliphatic carbocycles. The van der Waals surface area contributed by atoms with Gasteiger partial charge in [-0.3, -0.25) is 0 Å². The molecule has 1 heteroatoms. The van der Waals surface area contributed by atoms with E-state index in [4.69, 9.17) is 0 Å². The molecular weight excluding hydrogens is 230 g/mol. The van der Waals surface area contributed by atoms with E-state index in [2.05, 4.69) is 26.2 Å². The molecule has 0 aromatic heterocycles. The van der Waals surface area contributed by atoms with Crippen molar-refractivity contribution in [3.05, 3.63) is 0 Å². The maximum absolute atomic E-state index is 3.63. The van der Waals surface area contributed by atoms with Crippen molar-refractivity contribution in [3.63, 3.8) is 0 Å². The minimum absolute atomic E-state index is 0.814. The Hall–Kier alpha value is -0.0400. The van der Waals surface area contributed by atoms with Crippen LogP contribution < -0.4 is 5.32 Å². The van der Waals surface area contributed by atoms with Gasteiger partial charge in [-0.25, -0.2) is 0 Å². The fourth-order valence-corrected chi connectivity index (χ4v) is 5.60. The van der Waals surface area contributed by atoms with Crippen LogP contribution in [0.1, 0.15) is 65.2 Å². The molecule has 0 aromatic carbocycles. The Morgan fingerprint density at radius 2 is 1.79 bits per heavy atom. The van der Waals surface area contributed by atoms with E-state index in [1.807, 2.05) is 0 Å². The molecular formula is C18H33N. The van der Waals surface area contributed by atoms with Gasteiger partial charge < -0.3 is 5.32 Å². The summed E-state index contributed by atoms with van der Waals surface area (Å²) in [7, 11) is 2.19. The number of fused-ring (bicyclic) bond motifs is 2. The van der Waals surface area contributed by atoms with Gasteiger partial charge in [0.2, 0.25) is 0 Å². The van der Waals surface area contributed by atoms with Gasteiger partial charge in [-0.05, 0) is 87.5 Å². The number of nitrogens with one attached hydrogen (secondary N) is 1. The maximum atomic E-state index is 3.63. The molecule has 6 unspecified atom stereocenters. The molecule has 0 heterocycles. The van der Waals surface area contributed by atoms with E-state index in [1.165, 1.54) is 25.7 Å². The smallest absolute Gasteiger partial charge is 0.00926 e. The van der Waals surface area contributed by atoms with Gasteiger partial charge in [-0.1, -0.05) is 20.3 Å². The Kier molecular flexibility index (Phi) is 4.22. The molecule has 1 nitrogen and oxygen atoms in total. The molecule has 2 bridgehead atoms. The van der Waals surface area contributed by atoms with Crippen LogP contribution in [-0.2, 0) is 0 Å². The zero-order valence-electron chi connectivity index (χ0n) is 13.2. The van der Waals surface area contributed by atoms with Crippen LogP contribution in [0.2, 0.25) is 0 Å². The van der Waals surface area contributed by atoms with Crippen molar-refractivity contribution >= 4 is 0 Å². The zero-order valence-corrected chi connectivity index (χ0v) is 13.2. The molecule has 0 radical (unpaired) electrons. The lowest BCUT2D eigenvalue weighted by Crippen LogP contribution is -2.40. The summed E-state index contributed by atoms with van der Waals surface area (Å²) in [4.78, 5) is 0. The quantitative estimate of drug-likeness (QED) is 0.789. The summed E-state index contributed by atoms with van der Waals surface area (Å²) in [6, 6.07) is 0.814. The van der Waals surface area contributed by atoms with Gasteiger partial charge in [0.25, 0.3) is 0 Å². The number of hydrogen-bond donors (Lipinski definition) is 1. The molecule has 0 spiro atoms. The lowest BCUT2D eigenvalue weighted by Gasteiger charge is -2.40. The summed E-state index contributed by atoms with van der Waals surface area (Å²) in [5, 5.41) is 3.63. The standard InChI is InChI=1S/C18H33N/c1-12(2)14-6-7-18(19-3)17(10-14)11-16-9-13-4-5-15(16)8-13/h12-19H,4-11H2,1-3H3. The second-order valence-electron chi connectivity index (χ2n) is 8.14. The van der Waals surface area contributed by atoms with Crippen LogP contribution in [0.4, 0.5) is 0 Å². The van der Waals surface area contributed by atoms with Crippen molar-refractivity contribution < 1.29 is 0 Å². The molecule has 0 aliphatic heterocycles. The predicted molar refractivity (Wildman–Crippen MR) is 82.1 cm³/mol. The van der Waals surface area contributed by atoms with Gasteiger partial charge in [0.05, 0.1) is 0 Å². The highest BCUT2D eigenvalue weighted by molar-refractivity contribution is 4.94. The second kappa shape index (κ2) is 5.76. The van der Waals surface area contributed by atoms with E-state index < -0.39 is 0 Å². The van der Waals surface area contributed by atoms with Gasteiger partial charge in [0, 0.05) is 6.04 Å². The fraction of sp³-hybridized carbons (Fsp3) is 1.00. The second-order valence-corrected chi connectivity index (χ2v) is 8.14. The third-order valence-corrected chi connectivity index (χ3v) is 6.83. The van der Waals surface area contributed by atoms with Crippen LogP contribution in [-0.4, -0.2) is 13.1 Å². The summed E-state index contributed by atoms with van der Waals surface area (Å²) in [5.74, 6) is 6.17. The first-order valence-corrected chi connectivity index (χ1v) is 8.84. The van der Waals surface area contributed by atoms with Crippen molar-refractivity contribution in [2.24, 2.45) is 35.5 Å². The SMILES string of the molecule is CNC1CCC(C(C)C)CC1CC1CC2CCC1C2. The largest absolute Gasteiger partial charge is 0.317 e. The third-order valence-electron chi connectivity index (χ3n) is 6.83. The summed E-state index contributed by atoms with van der Waals surface area (Å²) in [6.07, 6.45) is 12.2. The average molecular weight is 263 g/mol. The molecule has 6 atom stereocenters. The Morgan fingerprint density at radius 3 is 2.37 bits per heavy atom. The Balaban J connectivity index is 1.60. The summed E-state index contributed by atoms with van der Waals surface area (Å²) >= 11 is 0. The summed E-state index contributed by atoms with van der Waals surface area (Å²) < 4.78 is 0. The van der Waals surface area contributed by atoms with Crippen molar-refractivity contribution in [1.82, 2.24) is 5.32 Å². The first-order chi connectivity index (χ1) is 9.17. The van der Waals surface area contributed by atoms with Gasteiger partial charge in [-0.2, -0.15) is 0 Å². The highest BCUT2D eigenvalue weighted by Gasteiger charge is 2.42. The molecule has 3 saturated carbocycles. The minimum Gasteiger partial charge on any atom is -0.317 e. The lowest BCUT2D eigenvalue weighted by molar-refractivity contribution is 0.135. The van der Waals surface area contributed by atoms with Gasteiger partial charge in [-0.15, -0.1) is 0 Å². The predicted octanol–water partition coefficient (Wildman–Crippen LogP) is 4.47. The van der Waals surface area contributed by atoms with E-state index >= 15 is 0 Å². The Morgan fingerprint density at radius 1 is 0.947 bits per heavy atom. The molecule has 3 fully saturated rings. The van der Waals surface area contributed by atoms with Gasteiger partial charge in [0.1, 0.15) is 0 Å². The van der Waals surface area contributed by atoms with Crippen LogP contribution >= 0.6 is 0 Å². The highest BCUT2D eigenvalue weighted by atomic mass is 14.9. The molecule has 0 amide bonds. The third kappa shape index (κ3) is 2.86. The van der Waals surface area contributed by atoms with Gasteiger partial charge in [0.15, 0.2) is 0 Å². The van der Waals surface area contributed by atoms with Crippen molar-refractivity contribution in [1.29, 1.82) is 0 Å². The number of hydrogen-bond acceptors (Lipinski definition) is 1. The van der Waals surface area contributed by atoms with Gasteiger partial charge >= 0.3 is 0 Å². The van der Waals surface area contributed by atoms with E-state index in [0.717, 1.165) is 41.5 Å². The van der Waals surface area contributed by atoms with E-state index in [0.29, 0.717) is 0 Å². The fourth-order valence-electron chi connectivity index (χ4n) is 5.60. The monoisotopic (exact) mass is 263 g/mol. The van der Waals surface area contributed by atoms with E-state index in [1.54, 1.807) is 25.7 Å². The van der Waals surface area contributed by atoms with E-state index in [9.17, 15) is 0 Å². The minimum atomic E-state index is 0.814. The van der Waals surface area contributed by atoms with Crippen LogP contribution in [0.5, 0.6) is 0 Å².